The lowest BCUT2D eigenvalue weighted by molar-refractivity contribution is -0.150. The first-order valence-electron chi connectivity index (χ1n) is 13.0. The van der Waals surface area contributed by atoms with Gasteiger partial charge in [-0.05, 0) is 54.4 Å². The number of nitrogens with one attached hydrogen (secondary N) is 2. The maximum absolute atomic E-state index is 12.5. The molecule has 9 heteroatoms. The Balaban J connectivity index is 0.000000934. The molecule has 0 radical (unpaired) electrons. The van der Waals surface area contributed by atoms with Gasteiger partial charge in [0.2, 0.25) is 5.91 Å². The van der Waals surface area contributed by atoms with Crippen LogP contribution in [0, 0.1) is 0 Å². The number of carbonyl (C=O) groups is 4. The van der Waals surface area contributed by atoms with Crippen molar-refractivity contribution in [2.45, 2.75) is 69.9 Å². The molecule has 0 aliphatic heterocycles. The largest absolute Gasteiger partial charge is 0.481 e. The van der Waals surface area contributed by atoms with E-state index in [1.165, 1.54) is 22.3 Å². The highest BCUT2D eigenvalue weighted by atomic mass is 16.6. The molecule has 0 unspecified atom stereocenters. The monoisotopic (exact) mass is 524 g/mol. The third-order valence-corrected chi connectivity index (χ3v) is 6.70. The number of amides is 2. The van der Waals surface area contributed by atoms with Crippen LogP contribution in [-0.4, -0.2) is 54.8 Å². The fourth-order valence-electron chi connectivity index (χ4n) is 4.89. The van der Waals surface area contributed by atoms with Crippen LogP contribution in [0.1, 0.15) is 68.9 Å². The average molecular weight is 525 g/mol. The van der Waals surface area contributed by atoms with Gasteiger partial charge in [-0.2, -0.15) is 0 Å². The molecule has 0 bridgehead atoms. The molecule has 38 heavy (non-hydrogen) atoms. The zero-order valence-electron chi connectivity index (χ0n) is 21.9. The molecule has 9 nitrogen and oxygen atoms in total. The zero-order valence-corrected chi connectivity index (χ0v) is 21.9. The Kier molecular flexibility index (Phi) is 10.7. The summed E-state index contributed by atoms with van der Waals surface area (Å²) in [6.07, 6.45) is 3.39. The Bertz CT molecular complexity index is 1080. The molecular formula is C29H36N2O7. The van der Waals surface area contributed by atoms with Crippen molar-refractivity contribution in [2.24, 2.45) is 0 Å². The van der Waals surface area contributed by atoms with E-state index in [1.54, 1.807) is 7.05 Å². The van der Waals surface area contributed by atoms with Crippen LogP contribution >= 0.6 is 0 Å². The average Bonchev–Trinajstić information content (AvgIpc) is 3.22. The van der Waals surface area contributed by atoms with E-state index in [4.69, 9.17) is 19.4 Å². The minimum Gasteiger partial charge on any atom is -0.481 e. The number of esters is 1. The number of rotatable bonds is 8. The predicted molar refractivity (Wildman–Crippen MR) is 142 cm³/mol. The highest BCUT2D eigenvalue weighted by Crippen LogP contribution is 2.44. The molecule has 0 spiro atoms. The van der Waals surface area contributed by atoms with Crippen molar-refractivity contribution in [1.82, 2.24) is 10.6 Å². The summed E-state index contributed by atoms with van der Waals surface area (Å²) in [5.41, 5.74) is 4.78. The topological polar surface area (TPSA) is 131 Å². The molecule has 2 aliphatic rings. The SMILES string of the molecule is CC(=O)O.CNC(=O)CCCC(=O)OC1CCC(NC(=O)OCC2c3ccccc3-c3ccccc32)CC1. The summed E-state index contributed by atoms with van der Waals surface area (Å²) in [6.45, 7) is 1.38. The molecule has 2 amide bonds. The van der Waals surface area contributed by atoms with E-state index in [1.807, 2.05) is 24.3 Å². The highest BCUT2D eigenvalue weighted by Gasteiger charge is 2.30. The fraction of sp³-hybridized carbons (Fsp3) is 0.448. The maximum Gasteiger partial charge on any atom is 0.407 e. The second kappa shape index (κ2) is 14.2. The molecule has 204 valence electrons. The van der Waals surface area contributed by atoms with E-state index < -0.39 is 12.1 Å². The number of hydrogen-bond acceptors (Lipinski definition) is 6. The van der Waals surface area contributed by atoms with Crippen LogP contribution < -0.4 is 10.6 Å². The Morgan fingerprint density at radius 1 is 0.895 bits per heavy atom. The lowest BCUT2D eigenvalue weighted by Crippen LogP contribution is -2.40. The summed E-state index contributed by atoms with van der Waals surface area (Å²) < 4.78 is 11.2. The number of alkyl carbamates (subject to hydrolysis) is 1. The van der Waals surface area contributed by atoms with Crippen molar-refractivity contribution in [3.8, 4) is 11.1 Å². The summed E-state index contributed by atoms with van der Waals surface area (Å²) in [7, 11) is 1.58. The lowest BCUT2D eigenvalue weighted by atomic mass is 9.93. The summed E-state index contributed by atoms with van der Waals surface area (Å²) >= 11 is 0. The van der Waals surface area contributed by atoms with Crippen molar-refractivity contribution in [2.75, 3.05) is 13.7 Å². The van der Waals surface area contributed by atoms with Crippen LogP contribution in [0.4, 0.5) is 4.79 Å². The van der Waals surface area contributed by atoms with Gasteiger partial charge in [0.15, 0.2) is 0 Å². The summed E-state index contributed by atoms with van der Waals surface area (Å²) in [5.74, 6) is -1.14. The number of fused-ring (bicyclic) bond motifs is 3. The van der Waals surface area contributed by atoms with Crippen LogP contribution in [0.15, 0.2) is 48.5 Å². The van der Waals surface area contributed by atoms with Gasteiger partial charge in [-0.15, -0.1) is 0 Å². The minimum absolute atomic E-state index is 0.0128. The first-order chi connectivity index (χ1) is 18.3. The lowest BCUT2D eigenvalue weighted by Gasteiger charge is -2.28. The van der Waals surface area contributed by atoms with E-state index in [0.717, 1.165) is 19.8 Å². The Morgan fingerprint density at radius 3 is 2.00 bits per heavy atom. The molecule has 2 aromatic carbocycles. The second-order valence-corrected chi connectivity index (χ2v) is 9.48. The van der Waals surface area contributed by atoms with Crippen molar-refractivity contribution in [3.63, 3.8) is 0 Å². The van der Waals surface area contributed by atoms with Gasteiger partial charge in [-0.3, -0.25) is 14.4 Å². The number of hydrogen-bond donors (Lipinski definition) is 3. The molecule has 1 saturated carbocycles. The number of benzene rings is 2. The van der Waals surface area contributed by atoms with Gasteiger partial charge in [0.1, 0.15) is 12.7 Å². The third kappa shape index (κ3) is 8.33. The molecule has 0 atom stereocenters. The van der Waals surface area contributed by atoms with Gasteiger partial charge < -0.3 is 25.2 Å². The number of carbonyl (C=O) groups excluding carboxylic acids is 3. The van der Waals surface area contributed by atoms with Crippen molar-refractivity contribution < 1.29 is 33.8 Å². The Morgan fingerprint density at radius 2 is 1.45 bits per heavy atom. The summed E-state index contributed by atoms with van der Waals surface area (Å²) in [6, 6.07) is 16.5. The Labute approximate surface area is 222 Å². The molecule has 1 fully saturated rings. The number of carboxylic acid groups (broad SMARTS) is 1. The van der Waals surface area contributed by atoms with Gasteiger partial charge in [-0.1, -0.05) is 48.5 Å². The molecular weight excluding hydrogens is 488 g/mol. The Hall–Kier alpha value is -3.88. The van der Waals surface area contributed by atoms with Gasteiger partial charge in [0.25, 0.3) is 5.97 Å². The van der Waals surface area contributed by atoms with Gasteiger partial charge in [-0.25, -0.2) is 4.79 Å². The maximum atomic E-state index is 12.5. The van der Waals surface area contributed by atoms with E-state index in [0.29, 0.717) is 32.3 Å². The molecule has 4 rings (SSSR count). The first kappa shape index (κ1) is 28.7. The van der Waals surface area contributed by atoms with E-state index in [-0.39, 0.29) is 36.4 Å². The number of carboxylic acids is 1. The van der Waals surface area contributed by atoms with Crippen LogP contribution in [0.25, 0.3) is 11.1 Å². The first-order valence-corrected chi connectivity index (χ1v) is 13.0. The molecule has 2 aromatic rings. The summed E-state index contributed by atoms with van der Waals surface area (Å²) in [4.78, 5) is 44.7. The van der Waals surface area contributed by atoms with Crippen LogP contribution in [0.2, 0.25) is 0 Å². The number of ether oxygens (including phenoxy) is 2. The van der Waals surface area contributed by atoms with E-state index in [2.05, 4.69) is 34.9 Å². The standard InChI is InChI=1S/C27H32N2O5.C2H4O2/c1-28-25(30)11-6-12-26(31)34-19-15-13-18(14-16-19)29-27(32)33-17-24-22-9-4-2-7-20(22)21-8-3-5-10-23(21)24;1-2(3)4/h2-5,7-10,18-19,24H,6,11-17H2,1H3,(H,28,30)(H,29,32);1H3,(H,3,4). The van der Waals surface area contributed by atoms with Crippen molar-refractivity contribution in [3.05, 3.63) is 59.7 Å². The smallest absolute Gasteiger partial charge is 0.407 e. The zero-order chi connectivity index (χ0) is 27.5. The number of aliphatic carboxylic acids is 1. The second-order valence-electron chi connectivity index (χ2n) is 9.48. The molecule has 0 heterocycles. The van der Waals surface area contributed by atoms with Gasteiger partial charge in [0.05, 0.1) is 0 Å². The van der Waals surface area contributed by atoms with Crippen LogP contribution in [-0.2, 0) is 23.9 Å². The molecule has 0 aromatic heterocycles. The van der Waals surface area contributed by atoms with Gasteiger partial charge >= 0.3 is 12.1 Å². The fourth-order valence-corrected chi connectivity index (χ4v) is 4.89. The van der Waals surface area contributed by atoms with Crippen molar-refractivity contribution in [1.29, 1.82) is 0 Å². The minimum atomic E-state index is -0.833. The quantitative estimate of drug-likeness (QED) is 0.437. The van der Waals surface area contributed by atoms with Gasteiger partial charge in [0, 0.05) is 38.8 Å². The molecule has 0 saturated heterocycles. The molecule has 2 aliphatic carbocycles. The van der Waals surface area contributed by atoms with Crippen molar-refractivity contribution >= 4 is 23.9 Å². The predicted octanol–water partition coefficient (Wildman–Crippen LogP) is 4.39. The normalized spacial score (nSPS) is 17.6. The van der Waals surface area contributed by atoms with E-state index >= 15 is 0 Å². The van der Waals surface area contributed by atoms with E-state index in [9.17, 15) is 14.4 Å². The third-order valence-electron chi connectivity index (χ3n) is 6.70. The van der Waals surface area contributed by atoms with Crippen LogP contribution in [0.3, 0.4) is 0 Å². The summed E-state index contributed by atoms with van der Waals surface area (Å²) in [5, 5.41) is 12.9. The highest BCUT2D eigenvalue weighted by molar-refractivity contribution is 5.79. The van der Waals surface area contributed by atoms with Crippen LogP contribution in [0.5, 0.6) is 0 Å². The molecule has 3 N–H and O–H groups in total.